The average Bonchev–Trinajstić information content (AvgIpc) is 3.50. The number of aliphatic hydroxyl groups is 1. The molecule has 0 bridgehead atoms. The Labute approximate surface area is 220 Å². The molecule has 7 nitrogen and oxygen atoms in total. The van der Waals surface area contributed by atoms with Gasteiger partial charge in [0.05, 0.1) is 38.9 Å². The first-order chi connectivity index (χ1) is 18.1. The molecule has 0 spiro atoms. The van der Waals surface area contributed by atoms with Crippen molar-refractivity contribution in [3.05, 3.63) is 88.4 Å². The lowest BCUT2D eigenvalue weighted by Gasteiger charge is -2.26. The minimum atomic E-state index is -0.184. The van der Waals surface area contributed by atoms with Crippen molar-refractivity contribution in [1.82, 2.24) is 25.1 Å². The van der Waals surface area contributed by atoms with E-state index in [1.165, 1.54) is 5.56 Å². The molecule has 1 fully saturated rings. The van der Waals surface area contributed by atoms with Gasteiger partial charge in [0.15, 0.2) is 0 Å². The van der Waals surface area contributed by atoms with Gasteiger partial charge in [0.1, 0.15) is 0 Å². The number of fused-ring (bicyclic) bond motifs is 1. The lowest BCUT2D eigenvalue weighted by atomic mass is 9.93. The van der Waals surface area contributed by atoms with Crippen LogP contribution in [-0.2, 0) is 12.8 Å². The Kier molecular flexibility index (Phi) is 6.68. The zero-order chi connectivity index (χ0) is 25.2. The molecular formula is C29H30N6OS. The van der Waals surface area contributed by atoms with E-state index in [0.717, 1.165) is 75.5 Å². The van der Waals surface area contributed by atoms with Crippen LogP contribution in [0.15, 0.2) is 60.8 Å². The summed E-state index contributed by atoms with van der Waals surface area (Å²) in [5.41, 5.74) is 7.50. The Morgan fingerprint density at radius 3 is 2.49 bits per heavy atom. The molecule has 0 unspecified atom stereocenters. The van der Waals surface area contributed by atoms with E-state index < -0.39 is 0 Å². The maximum absolute atomic E-state index is 9.88. The summed E-state index contributed by atoms with van der Waals surface area (Å²) in [7, 11) is 0. The highest BCUT2D eigenvalue weighted by molar-refractivity contribution is 7.18. The molecule has 0 atom stereocenters. The van der Waals surface area contributed by atoms with Crippen LogP contribution in [0.2, 0.25) is 0 Å². The molecule has 1 saturated carbocycles. The first kappa shape index (κ1) is 23.8. The number of benzene rings is 2. The van der Waals surface area contributed by atoms with Gasteiger partial charge in [-0.3, -0.25) is 5.10 Å². The Morgan fingerprint density at radius 2 is 1.73 bits per heavy atom. The van der Waals surface area contributed by atoms with Crippen LogP contribution in [0.3, 0.4) is 0 Å². The van der Waals surface area contributed by atoms with Gasteiger partial charge in [-0.25, -0.2) is 15.0 Å². The minimum Gasteiger partial charge on any atom is -0.393 e. The zero-order valence-electron chi connectivity index (χ0n) is 20.8. The van der Waals surface area contributed by atoms with Crippen molar-refractivity contribution < 1.29 is 5.11 Å². The van der Waals surface area contributed by atoms with E-state index in [1.54, 1.807) is 11.3 Å². The number of aromatic nitrogens is 5. The Morgan fingerprint density at radius 1 is 0.946 bits per heavy atom. The summed E-state index contributed by atoms with van der Waals surface area (Å²) >= 11 is 1.71. The number of anilines is 1. The molecule has 0 saturated heterocycles. The molecule has 3 heterocycles. The molecule has 1 aliphatic carbocycles. The summed E-state index contributed by atoms with van der Waals surface area (Å²) in [5, 5.41) is 21.6. The summed E-state index contributed by atoms with van der Waals surface area (Å²) in [5.74, 6) is 0.670. The van der Waals surface area contributed by atoms with Crippen molar-refractivity contribution in [1.29, 1.82) is 0 Å². The van der Waals surface area contributed by atoms with Gasteiger partial charge < -0.3 is 10.4 Å². The van der Waals surface area contributed by atoms with E-state index in [0.29, 0.717) is 12.4 Å². The van der Waals surface area contributed by atoms with Gasteiger partial charge in [-0.2, -0.15) is 5.10 Å². The molecule has 8 heteroatoms. The second kappa shape index (κ2) is 10.4. The number of H-pyrrole nitrogens is 1. The predicted molar refractivity (Wildman–Crippen MR) is 148 cm³/mol. The smallest absolute Gasteiger partial charge is 0.223 e. The van der Waals surface area contributed by atoms with E-state index in [1.807, 2.05) is 19.2 Å². The van der Waals surface area contributed by atoms with Crippen molar-refractivity contribution in [2.24, 2.45) is 0 Å². The molecule has 188 valence electrons. The number of thiazole rings is 1. The molecule has 37 heavy (non-hydrogen) atoms. The van der Waals surface area contributed by atoms with E-state index >= 15 is 0 Å². The van der Waals surface area contributed by atoms with Crippen LogP contribution in [0.1, 0.15) is 53.3 Å². The summed E-state index contributed by atoms with van der Waals surface area (Å²) in [6.07, 6.45) is 6.59. The van der Waals surface area contributed by atoms with E-state index in [4.69, 9.17) is 15.0 Å². The number of rotatable bonds is 7. The fraction of sp³-hybridized carbons (Fsp3) is 0.310. The molecule has 0 amide bonds. The SMILES string of the molecule is Cc1[nH]ncc1-c1ccc2nc(Cc3cc(Cc4ccccc4)nc(NC4CCC(O)CC4)n3)sc2c1. The Balaban J connectivity index is 1.28. The lowest BCUT2D eigenvalue weighted by Crippen LogP contribution is -2.29. The zero-order valence-corrected chi connectivity index (χ0v) is 21.6. The van der Waals surface area contributed by atoms with Crippen LogP contribution < -0.4 is 5.32 Å². The van der Waals surface area contributed by atoms with Crippen LogP contribution in [0.5, 0.6) is 0 Å². The normalized spacial score (nSPS) is 17.8. The standard InChI is InChI=1S/C29H30N6OS/c1-18-25(17-30-35-18)20-7-12-26-27(14-20)37-28(34-26)16-23-15-22(13-19-5-3-2-4-6-19)32-29(33-23)31-21-8-10-24(36)11-9-21/h2-7,12,14-15,17,21,24,36H,8-11,13,16H2,1H3,(H,30,35)(H,31,32,33). The number of aliphatic hydroxyl groups excluding tert-OH is 1. The number of nitrogens with zero attached hydrogens (tertiary/aromatic N) is 4. The molecule has 2 aromatic carbocycles. The van der Waals surface area contributed by atoms with Crippen LogP contribution >= 0.6 is 11.3 Å². The highest BCUT2D eigenvalue weighted by atomic mass is 32.1. The second-order valence-electron chi connectivity index (χ2n) is 9.86. The lowest BCUT2D eigenvalue weighted by molar-refractivity contribution is 0.126. The Bertz CT molecular complexity index is 1500. The number of aryl methyl sites for hydroxylation is 1. The summed E-state index contributed by atoms with van der Waals surface area (Å²) < 4.78 is 1.16. The fourth-order valence-corrected chi connectivity index (χ4v) is 6.04. The molecular weight excluding hydrogens is 480 g/mol. The number of nitrogens with one attached hydrogen (secondary N) is 2. The van der Waals surface area contributed by atoms with Gasteiger partial charge in [0.25, 0.3) is 0 Å². The quantitative estimate of drug-likeness (QED) is 0.260. The van der Waals surface area contributed by atoms with Gasteiger partial charge >= 0.3 is 0 Å². The van der Waals surface area contributed by atoms with E-state index in [9.17, 15) is 5.11 Å². The van der Waals surface area contributed by atoms with Gasteiger partial charge in [-0.05, 0) is 61.9 Å². The van der Waals surface area contributed by atoms with Gasteiger partial charge in [-0.1, -0.05) is 36.4 Å². The monoisotopic (exact) mass is 510 g/mol. The summed E-state index contributed by atoms with van der Waals surface area (Å²) in [4.78, 5) is 14.7. The highest BCUT2D eigenvalue weighted by Crippen LogP contribution is 2.30. The van der Waals surface area contributed by atoms with Crippen molar-refractivity contribution in [3.8, 4) is 11.1 Å². The first-order valence-corrected chi connectivity index (χ1v) is 13.7. The van der Waals surface area contributed by atoms with Gasteiger partial charge in [-0.15, -0.1) is 11.3 Å². The molecule has 5 aromatic rings. The van der Waals surface area contributed by atoms with E-state index in [2.05, 4.69) is 64.0 Å². The number of aromatic amines is 1. The number of hydrogen-bond donors (Lipinski definition) is 3. The second-order valence-corrected chi connectivity index (χ2v) is 11.0. The Hall–Kier alpha value is -3.62. The highest BCUT2D eigenvalue weighted by Gasteiger charge is 2.20. The maximum atomic E-state index is 9.88. The largest absolute Gasteiger partial charge is 0.393 e. The molecule has 0 radical (unpaired) electrons. The predicted octanol–water partition coefficient (Wildman–Crippen LogP) is 5.68. The van der Waals surface area contributed by atoms with Gasteiger partial charge in [0.2, 0.25) is 5.95 Å². The van der Waals surface area contributed by atoms with Crippen molar-refractivity contribution in [3.63, 3.8) is 0 Å². The summed E-state index contributed by atoms with van der Waals surface area (Å²) in [6, 6.07) is 19.2. The third kappa shape index (κ3) is 5.55. The minimum absolute atomic E-state index is 0.184. The molecule has 3 N–H and O–H groups in total. The van der Waals surface area contributed by atoms with Crippen molar-refractivity contribution in [2.75, 3.05) is 5.32 Å². The topological polar surface area (TPSA) is 99.6 Å². The van der Waals surface area contributed by atoms with Crippen LogP contribution in [0, 0.1) is 6.92 Å². The van der Waals surface area contributed by atoms with Crippen molar-refractivity contribution in [2.45, 2.75) is 57.6 Å². The van der Waals surface area contributed by atoms with Crippen LogP contribution in [0.25, 0.3) is 21.3 Å². The first-order valence-electron chi connectivity index (χ1n) is 12.8. The maximum Gasteiger partial charge on any atom is 0.223 e. The van der Waals surface area contributed by atoms with E-state index in [-0.39, 0.29) is 12.1 Å². The third-order valence-corrected chi connectivity index (χ3v) is 8.01. The van der Waals surface area contributed by atoms with Crippen molar-refractivity contribution >= 4 is 27.5 Å². The molecule has 0 aliphatic heterocycles. The fourth-order valence-electron chi connectivity index (χ4n) is 5.02. The molecule has 6 rings (SSSR count). The molecule has 1 aliphatic rings. The summed E-state index contributed by atoms with van der Waals surface area (Å²) in [6.45, 7) is 2.04. The third-order valence-electron chi connectivity index (χ3n) is 7.00. The average molecular weight is 511 g/mol. The van der Waals surface area contributed by atoms with Crippen LogP contribution in [0.4, 0.5) is 5.95 Å². The molecule has 3 aromatic heterocycles. The van der Waals surface area contributed by atoms with Crippen LogP contribution in [-0.4, -0.2) is 42.4 Å². The van der Waals surface area contributed by atoms with Gasteiger partial charge in [0, 0.05) is 30.1 Å². The number of hydrogen-bond acceptors (Lipinski definition) is 7.